The van der Waals surface area contributed by atoms with Gasteiger partial charge in [-0.3, -0.25) is 4.55 Å². The van der Waals surface area contributed by atoms with Crippen molar-refractivity contribution >= 4 is 45.1 Å². The minimum Gasteiger partial charge on any atom is -0.286 e. The lowest BCUT2D eigenvalue weighted by molar-refractivity contribution is -0.684. The second-order valence-corrected chi connectivity index (χ2v) is 9.57. The topological polar surface area (TPSA) is 70.6 Å². The van der Waals surface area contributed by atoms with Crippen LogP contribution < -0.4 is 4.57 Å². The highest BCUT2D eigenvalue weighted by molar-refractivity contribution is 7.85. The standard InChI is InChI=1S/C19H22N2O3S2/c1-14-19(2,3)17-12-15(7-8-16-6-4-10-25-16)13-21(18(17)20-14)9-5-11-26(22,23)24/h4,6-8,10,12-13H,5,9,11H2,1-3H3/p+1/b8-7+. The van der Waals surface area contributed by atoms with E-state index < -0.39 is 10.1 Å². The molecule has 0 spiro atoms. The third-order valence-electron chi connectivity index (χ3n) is 4.76. The number of rotatable bonds is 6. The largest absolute Gasteiger partial charge is 0.327 e. The van der Waals surface area contributed by atoms with E-state index in [9.17, 15) is 8.42 Å². The zero-order valence-corrected chi connectivity index (χ0v) is 16.8. The Hall–Kier alpha value is -1.83. The number of aryl methyl sites for hydroxylation is 1. The zero-order chi connectivity index (χ0) is 18.9. The summed E-state index contributed by atoms with van der Waals surface area (Å²) in [6.07, 6.45) is 6.47. The summed E-state index contributed by atoms with van der Waals surface area (Å²) in [4.78, 5) is 5.89. The number of aromatic nitrogens is 1. The summed E-state index contributed by atoms with van der Waals surface area (Å²) in [6, 6.07) is 6.23. The van der Waals surface area contributed by atoms with Crippen molar-refractivity contribution in [2.24, 2.45) is 4.99 Å². The molecule has 7 heteroatoms. The fourth-order valence-electron chi connectivity index (χ4n) is 2.99. The first-order valence-electron chi connectivity index (χ1n) is 8.47. The summed E-state index contributed by atoms with van der Waals surface area (Å²) in [5.74, 6) is 0.618. The van der Waals surface area contributed by atoms with Gasteiger partial charge in [0, 0.05) is 16.9 Å². The highest BCUT2D eigenvalue weighted by atomic mass is 32.2. The first kappa shape index (κ1) is 18.9. The van der Waals surface area contributed by atoms with E-state index in [1.807, 2.05) is 29.1 Å². The average Bonchev–Trinajstić information content (AvgIpc) is 3.13. The molecule has 0 aromatic carbocycles. The second kappa shape index (κ2) is 7.06. The Balaban J connectivity index is 1.96. The molecule has 0 bridgehead atoms. The fourth-order valence-corrected chi connectivity index (χ4v) is 4.10. The lowest BCUT2D eigenvalue weighted by Crippen LogP contribution is -2.36. The molecule has 1 aliphatic heterocycles. The van der Waals surface area contributed by atoms with Gasteiger partial charge >= 0.3 is 5.82 Å². The lowest BCUT2D eigenvalue weighted by atomic mass is 9.82. The van der Waals surface area contributed by atoms with E-state index in [4.69, 9.17) is 9.55 Å². The van der Waals surface area contributed by atoms with Crippen LogP contribution in [0.5, 0.6) is 0 Å². The molecule has 2 aromatic heterocycles. The van der Waals surface area contributed by atoms with Crippen LogP contribution in [0.2, 0.25) is 0 Å². The number of hydrogen-bond acceptors (Lipinski definition) is 4. The molecule has 0 saturated heterocycles. The van der Waals surface area contributed by atoms with Gasteiger partial charge in [0.1, 0.15) is 5.71 Å². The van der Waals surface area contributed by atoms with Crippen LogP contribution >= 0.6 is 11.3 Å². The molecule has 5 nitrogen and oxygen atoms in total. The molecule has 0 unspecified atom stereocenters. The predicted molar refractivity (Wildman–Crippen MR) is 107 cm³/mol. The monoisotopic (exact) mass is 391 g/mol. The third kappa shape index (κ3) is 4.11. The van der Waals surface area contributed by atoms with Gasteiger partial charge in [-0.2, -0.15) is 8.42 Å². The molecule has 0 aliphatic carbocycles. The van der Waals surface area contributed by atoms with Crippen LogP contribution in [0.1, 0.15) is 43.2 Å². The summed E-state index contributed by atoms with van der Waals surface area (Å²) in [6.45, 7) is 6.79. The Kier molecular flexibility index (Phi) is 5.14. The number of aliphatic imine (C=N–C) groups is 1. The minimum absolute atomic E-state index is 0.160. The van der Waals surface area contributed by atoms with E-state index in [0.717, 1.165) is 22.7 Å². The first-order chi connectivity index (χ1) is 12.2. The number of pyridine rings is 1. The second-order valence-electron chi connectivity index (χ2n) is 7.01. The van der Waals surface area contributed by atoms with Crippen LogP contribution in [0.3, 0.4) is 0 Å². The first-order valence-corrected chi connectivity index (χ1v) is 11.0. The smallest absolute Gasteiger partial charge is 0.286 e. The molecule has 0 fully saturated rings. The van der Waals surface area contributed by atoms with E-state index in [1.165, 1.54) is 4.88 Å². The van der Waals surface area contributed by atoms with Crippen molar-refractivity contribution in [3.8, 4) is 0 Å². The molecule has 0 radical (unpaired) electrons. The average molecular weight is 392 g/mol. The number of thiophene rings is 1. The Morgan fingerprint density at radius 3 is 2.77 bits per heavy atom. The SMILES string of the molecule is CC1=Nc2c(cc(/C=C/c3cccs3)c[n+]2CCCS(=O)(=O)O)C1(C)C. The lowest BCUT2D eigenvalue weighted by Gasteiger charge is -2.16. The van der Waals surface area contributed by atoms with Gasteiger partial charge in [0.2, 0.25) is 0 Å². The maximum absolute atomic E-state index is 11.0. The van der Waals surface area contributed by atoms with Crippen molar-refractivity contribution in [3.05, 3.63) is 45.8 Å². The normalized spacial score (nSPS) is 16.1. The van der Waals surface area contributed by atoms with E-state index in [1.54, 1.807) is 11.3 Å². The van der Waals surface area contributed by atoms with Crippen molar-refractivity contribution < 1.29 is 17.5 Å². The summed E-state index contributed by atoms with van der Waals surface area (Å²) in [5, 5.41) is 2.04. The van der Waals surface area contributed by atoms with Crippen LogP contribution in [0.15, 0.2) is 34.8 Å². The van der Waals surface area contributed by atoms with Crippen molar-refractivity contribution in [3.63, 3.8) is 0 Å². The number of fused-ring (bicyclic) bond motifs is 1. The van der Waals surface area contributed by atoms with E-state index in [0.29, 0.717) is 13.0 Å². The van der Waals surface area contributed by atoms with Gasteiger partial charge in [0.05, 0.1) is 29.5 Å². The molecule has 3 heterocycles. The van der Waals surface area contributed by atoms with Crippen LogP contribution in [0.4, 0.5) is 5.82 Å². The van der Waals surface area contributed by atoms with Crippen LogP contribution in [-0.2, 0) is 22.1 Å². The molecule has 1 N–H and O–H groups in total. The molecular formula is C19H23N2O3S2+. The Bertz CT molecular complexity index is 972. The van der Waals surface area contributed by atoms with Gasteiger partial charge in [-0.05, 0) is 55.4 Å². The zero-order valence-electron chi connectivity index (χ0n) is 15.1. The maximum atomic E-state index is 11.0. The molecule has 26 heavy (non-hydrogen) atoms. The van der Waals surface area contributed by atoms with Crippen molar-refractivity contribution in [1.29, 1.82) is 0 Å². The van der Waals surface area contributed by atoms with Crippen molar-refractivity contribution in [1.82, 2.24) is 0 Å². The van der Waals surface area contributed by atoms with Crippen molar-refractivity contribution in [2.75, 3.05) is 5.75 Å². The molecule has 0 saturated carbocycles. The molecule has 1 aliphatic rings. The molecule has 0 amide bonds. The molecule has 0 atom stereocenters. The van der Waals surface area contributed by atoms with Crippen LogP contribution in [0, 0.1) is 0 Å². The molecular weight excluding hydrogens is 368 g/mol. The molecule has 138 valence electrons. The minimum atomic E-state index is -3.95. The van der Waals surface area contributed by atoms with Gasteiger partial charge in [-0.1, -0.05) is 6.07 Å². The van der Waals surface area contributed by atoms with Gasteiger partial charge < -0.3 is 0 Å². The van der Waals surface area contributed by atoms with Crippen LogP contribution in [0.25, 0.3) is 12.2 Å². The summed E-state index contributed by atoms with van der Waals surface area (Å²) in [5.41, 5.74) is 3.06. The summed E-state index contributed by atoms with van der Waals surface area (Å²) >= 11 is 1.68. The predicted octanol–water partition coefficient (Wildman–Crippen LogP) is 3.87. The van der Waals surface area contributed by atoms with Gasteiger partial charge in [0.25, 0.3) is 10.1 Å². The van der Waals surface area contributed by atoms with Crippen LogP contribution in [-0.4, -0.2) is 24.4 Å². The maximum Gasteiger partial charge on any atom is 0.327 e. The van der Waals surface area contributed by atoms with Gasteiger partial charge in [0.15, 0.2) is 0 Å². The number of hydrogen-bond donors (Lipinski definition) is 1. The van der Waals surface area contributed by atoms with Crippen molar-refractivity contribution in [2.45, 2.75) is 39.2 Å². The van der Waals surface area contributed by atoms with Gasteiger partial charge in [-0.25, -0.2) is 4.57 Å². The third-order valence-corrected chi connectivity index (χ3v) is 6.41. The Labute approximate surface area is 158 Å². The highest BCUT2D eigenvalue weighted by Gasteiger charge is 2.41. The Morgan fingerprint density at radius 2 is 2.12 bits per heavy atom. The van der Waals surface area contributed by atoms with Gasteiger partial charge in [-0.15, -0.1) is 11.3 Å². The van der Waals surface area contributed by atoms with E-state index in [-0.39, 0.29) is 11.2 Å². The van der Waals surface area contributed by atoms with E-state index in [2.05, 4.69) is 38.1 Å². The Morgan fingerprint density at radius 1 is 1.35 bits per heavy atom. The summed E-state index contributed by atoms with van der Waals surface area (Å²) < 4.78 is 33.0. The fraction of sp³-hybridized carbons (Fsp3) is 0.368. The number of nitrogens with zero attached hydrogens (tertiary/aromatic N) is 2. The quantitative estimate of drug-likeness (QED) is 0.600. The molecule has 3 rings (SSSR count). The molecule has 2 aromatic rings. The van der Waals surface area contributed by atoms with E-state index >= 15 is 0 Å². The highest BCUT2D eigenvalue weighted by Crippen LogP contribution is 2.38. The summed E-state index contributed by atoms with van der Waals surface area (Å²) in [7, 11) is -3.95.